The highest BCUT2D eigenvalue weighted by atomic mass is 19.2. The third kappa shape index (κ3) is 4.07. The quantitative estimate of drug-likeness (QED) is 0.236. The minimum Gasteiger partial charge on any atom is -0.206 e. The lowest BCUT2D eigenvalue weighted by molar-refractivity contribution is 0.384. The molecule has 0 bridgehead atoms. The monoisotopic (exact) mass is 410 g/mol. The molecular weight excluding hydrogens is 388 g/mol. The molecule has 0 aromatic heterocycles. The summed E-state index contributed by atoms with van der Waals surface area (Å²) < 4.78 is 55.4. The Balaban J connectivity index is 1.48. The molecule has 154 valence electrons. The molecule has 1 fully saturated rings. The molecule has 0 saturated heterocycles. The van der Waals surface area contributed by atoms with Crippen molar-refractivity contribution in [2.45, 2.75) is 44.9 Å². The molecule has 0 nitrogen and oxygen atoms in total. The van der Waals surface area contributed by atoms with Crippen LogP contribution in [0.25, 0.3) is 10.8 Å². The van der Waals surface area contributed by atoms with Crippen molar-refractivity contribution >= 4 is 10.8 Å². The van der Waals surface area contributed by atoms with Gasteiger partial charge in [0.1, 0.15) is 5.82 Å². The van der Waals surface area contributed by atoms with Crippen molar-refractivity contribution in [2.24, 2.45) is 5.92 Å². The van der Waals surface area contributed by atoms with Gasteiger partial charge in [0.05, 0.1) is 5.39 Å². The Morgan fingerprint density at radius 1 is 0.833 bits per heavy atom. The number of aryl methyl sites for hydroxylation is 1. The Labute approximate surface area is 173 Å². The van der Waals surface area contributed by atoms with Gasteiger partial charge in [0.2, 0.25) is 0 Å². The predicted octanol–water partition coefficient (Wildman–Crippen LogP) is 7.28. The molecule has 0 radical (unpaired) electrons. The number of hydrogen-bond acceptors (Lipinski definition) is 0. The van der Waals surface area contributed by atoms with Crippen LogP contribution >= 0.6 is 0 Å². The van der Waals surface area contributed by atoms with E-state index in [1.807, 2.05) is 12.1 Å². The van der Waals surface area contributed by atoms with Crippen LogP contribution in [0.1, 0.15) is 55.2 Å². The summed E-state index contributed by atoms with van der Waals surface area (Å²) in [5.74, 6) is 1.70. The zero-order valence-corrected chi connectivity index (χ0v) is 16.7. The zero-order chi connectivity index (χ0) is 21.3. The first-order valence-corrected chi connectivity index (χ1v) is 10.3. The van der Waals surface area contributed by atoms with Crippen molar-refractivity contribution in [2.75, 3.05) is 0 Å². The van der Waals surface area contributed by atoms with Crippen molar-refractivity contribution in [1.29, 1.82) is 0 Å². The van der Waals surface area contributed by atoms with E-state index in [1.165, 1.54) is 11.6 Å². The largest absolute Gasteiger partial charge is 0.206 e. The number of halogens is 4. The Bertz CT molecular complexity index is 1130. The van der Waals surface area contributed by atoms with E-state index < -0.39 is 28.7 Å². The minimum atomic E-state index is -1.64. The van der Waals surface area contributed by atoms with Crippen LogP contribution in [-0.2, 0) is 6.42 Å². The maximum absolute atomic E-state index is 14.5. The second-order valence-corrected chi connectivity index (χ2v) is 7.96. The minimum absolute atomic E-state index is 0.0545. The van der Waals surface area contributed by atoms with Crippen LogP contribution in [-0.4, -0.2) is 0 Å². The van der Waals surface area contributed by atoms with Gasteiger partial charge < -0.3 is 0 Å². The molecule has 3 aromatic rings. The van der Waals surface area contributed by atoms with Crippen LogP contribution in [0.5, 0.6) is 0 Å². The first-order valence-electron chi connectivity index (χ1n) is 10.3. The molecular formula is C26H22F4. The maximum Gasteiger partial charge on any atom is 0.195 e. The molecule has 4 heteroatoms. The second-order valence-electron chi connectivity index (χ2n) is 7.96. The molecule has 0 heterocycles. The van der Waals surface area contributed by atoms with Gasteiger partial charge in [-0.05, 0) is 78.8 Å². The van der Waals surface area contributed by atoms with Gasteiger partial charge in [-0.3, -0.25) is 0 Å². The van der Waals surface area contributed by atoms with Gasteiger partial charge in [-0.25, -0.2) is 17.6 Å². The van der Waals surface area contributed by atoms with Crippen LogP contribution in [0.15, 0.2) is 42.5 Å². The van der Waals surface area contributed by atoms with E-state index in [9.17, 15) is 17.6 Å². The SMILES string of the molecule is CCc1ccc(C#CC2CCC(c3cc(F)c4c(F)c(F)c(F)cc4c3)CC2)cc1. The Hall–Kier alpha value is -2.80. The molecule has 0 N–H and O–H groups in total. The topological polar surface area (TPSA) is 0 Å². The molecule has 1 aliphatic rings. The van der Waals surface area contributed by atoms with Crippen LogP contribution in [0.4, 0.5) is 17.6 Å². The number of hydrogen-bond donors (Lipinski definition) is 0. The van der Waals surface area contributed by atoms with Crippen LogP contribution in [0.2, 0.25) is 0 Å². The lowest BCUT2D eigenvalue weighted by Crippen LogP contribution is -2.12. The fraction of sp³-hybridized carbons (Fsp3) is 0.308. The number of benzene rings is 3. The van der Waals surface area contributed by atoms with Gasteiger partial charge in [0.15, 0.2) is 17.5 Å². The first kappa shape index (κ1) is 20.5. The van der Waals surface area contributed by atoms with Gasteiger partial charge in [-0.2, -0.15) is 0 Å². The fourth-order valence-electron chi connectivity index (χ4n) is 4.23. The Kier molecular flexibility index (Phi) is 5.81. The smallest absolute Gasteiger partial charge is 0.195 e. The zero-order valence-electron chi connectivity index (χ0n) is 16.7. The first-order chi connectivity index (χ1) is 14.5. The summed E-state index contributed by atoms with van der Waals surface area (Å²) in [6, 6.07) is 12.0. The second kappa shape index (κ2) is 8.52. The van der Waals surface area contributed by atoms with E-state index in [0.717, 1.165) is 43.7 Å². The van der Waals surface area contributed by atoms with E-state index in [1.54, 1.807) is 6.07 Å². The molecule has 0 aliphatic heterocycles. The van der Waals surface area contributed by atoms with E-state index in [-0.39, 0.29) is 17.2 Å². The van der Waals surface area contributed by atoms with Crippen molar-refractivity contribution in [3.63, 3.8) is 0 Å². The average Bonchev–Trinajstić information content (AvgIpc) is 2.76. The molecule has 1 saturated carbocycles. The summed E-state index contributed by atoms with van der Waals surface area (Å²) in [4.78, 5) is 0. The predicted molar refractivity (Wildman–Crippen MR) is 111 cm³/mol. The molecule has 4 rings (SSSR count). The summed E-state index contributed by atoms with van der Waals surface area (Å²) >= 11 is 0. The van der Waals surface area contributed by atoms with E-state index in [2.05, 4.69) is 30.9 Å². The van der Waals surface area contributed by atoms with E-state index in [0.29, 0.717) is 5.56 Å². The highest BCUT2D eigenvalue weighted by molar-refractivity contribution is 5.84. The molecule has 0 amide bonds. The third-order valence-electron chi connectivity index (χ3n) is 6.03. The van der Waals surface area contributed by atoms with Crippen LogP contribution in [0, 0.1) is 41.0 Å². The van der Waals surface area contributed by atoms with Gasteiger partial charge in [-0.1, -0.05) is 37.0 Å². The van der Waals surface area contributed by atoms with Gasteiger partial charge >= 0.3 is 0 Å². The Morgan fingerprint density at radius 2 is 1.53 bits per heavy atom. The van der Waals surface area contributed by atoms with Crippen molar-refractivity contribution in [3.8, 4) is 11.8 Å². The lowest BCUT2D eigenvalue weighted by atomic mass is 9.78. The molecule has 0 atom stereocenters. The van der Waals surface area contributed by atoms with Crippen LogP contribution < -0.4 is 0 Å². The van der Waals surface area contributed by atoms with E-state index >= 15 is 0 Å². The third-order valence-corrected chi connectivity index (χ3v) is 6.03. The van der Waals surface area contributed by atoms with Gasteiger partial charge in [0.25, 0.3) is 0 Å². The standard InChI is InChI=1S/C26H22F4/c1-2-16-3-5-17(6-4-16)7-8-18-9-11-19(12-10-18)20-13-21-15-23(28)25(29)26(30)24(21)22(27)14-20/h3-6,13-15,18-19H,2,9-12H2,1H3. The van der Waals surface area contributed by atoms with Crippen molar-refractivity contribution in [3.05, 3.63) is 82.4 Å². The molecule has 0 unspecified atom stereocenters. The highest BCUT2D eigenvalue weighted by Gasteiger charge is 2.24. The summed E-state index contributed by atoms with van der Waals surface area (Å²) in [5, 5.41) is -0.440. The van der Waals surface area contributed by atoms with Gasteiger partial charge in [0, 0.05) is 11.5 Å². The van der Waals surface area contributed by atoms with Gasteiger partial charge in [-0.15, -0.1) is 0 Å². The number of rotatable bonds is 2. The van der Waals surface area contributed by atoms with Crippen molar-refractivity contribution < 1.29 is 17.6 Å². The van der Waals surface area contributed by atoms with Crippen LogP contribution in [0.3, 0.4) is 0 Å². The summed E-state index contributed by atoms with van der Waals surface area (Å²) in [5.41, 5.74) is 2.99. The summed E-state index contributed by atoms with van der Waals surface area (Å²) in [6.45, 7) is 2.12. The summed E-state index contributed by atoms with van der Waals surface area (Å²) in [7, 11) is 0. The average molecular weight is 410 g/mol. The maximum atomic E-state index is 14.5. The lowest BCUT2D eigenvalue weighted by Gasteiger charge is -2.26. The molecule has 3 aromatic carbocycles. The summed E-state index contributed by atoms with van der Waals surface area (Å²) in [6.07, 6.45) is 4.42. The molecule has 30 heavy (non-hydrogen) atoms. The molecule has 0 spiro atoms. The molecule has 1 aliphatic carbocycles. The highest BCUT2D eigenvalue weighted by Crippen LogP contribution is 2.38. The normalized spacial score (nSPS) is 18.8. The van der Waals surface area contributed by atoms with E-state index in [4.69, 9.17) is 0 Å². The number of fused-ring (bicyclic) bond motifs is 1. The van der Waals surface area contributed by atoms with Crippen molar-refractivity contribution in [1.82, 2.24) is 0 Å². The Morgan fingerprint density at radius 3 is 2.20 bits per heavy atom. The fourth-order valence-corrected chi connectivity index (χ4v) is 4.23.